The van der Waals surface area contributed by atoms with Gasteiger partial charge in [0.05, 0.1) is 33.5 Å². The van der Waals surface area contributed by atoms with E-state index < -0.39 is 45.1 Å². The van der Waals surface area contributed by atoms with Crippen LogP contribution in [0.4, 0.5) is 0 Å². The summed E-state index contributed by atoms with van der Waals surface area (Å²) in [6.07, 6.45) is 0. The summed E-state index contributed by atoms with van der Waals surface area (Å²) in [7, 11) is -9.32. The summed E-state index contributed by atoms with van der Waals surface area (Å²) in [6.45, 7) is 8.15. The minimum Gasteiger partial charge on any atom is -0.482 e. The monoisotopic (exact) mass is 474 g/mol. The molecule has 0 spiro atoms. The van der Waals surface area contributed by atoms with Gasteiger partial charge >= 0.3 is 34.5 Å². The molecule has 0 aliphatic carbocycles. The molecule has 0 aromatic heterocycles. The molecule has 15 heteroatoms. The first kappa shape index (κ1) is 27.3. The lowest BCUT2D eigenvalue weighted by Crippen LogP contribution is -2.46. The van der Waals surface area contributed by atoms with Gasteiger partial charge in [-0.15, -0.1) is 0 Å². The predicted molar refractivity (Wildman–Crippen MR) is 105 cm³/mol. The fourth-order valence-corrected chi connectivity index (χ4v) is 6.04. The maximum atomic E-state index is 13.3. The Bertz CT molecular complexity index is 698. The second kappa shape index (κ2) is 10.7. The highest BCUT2D eigenvalue weighted by Crippen LogP contribution is 2.64. The highest BCUT2D eigenvalue weighted by atomic mass is 31.2. The lowest BCUT2D eigenvalue weighted by Gasteiger charge is -2.33. The van der Waals surface area contributed by atoms with Crippen LogP contribution >= 0.6 is 15.2 Å². The predicted octanol–water partition coefficient (Wildman–Crippen LogP) is 2.70. The third-order valence-electron chi connectivity index (χ3n) is 4.04. The molecule has 30 heavy (non-hydrogen) atoms. The summed E-state index contributed by atoms with van der Waals surface area (Å²) in [4.78, 5) is 25.0. The fourth-order valence-electron chi connectivity index (χ4n) is 2.53. The number of methoxy groups -OCH3 is 1. The van der Waals surface area contributed by atoms with Crippen molar-refractivity contribution in [2.45, 2.75) is 52.2 Å². The Hall–Kier alpha value is -0.775. The molecule has 0 amide bonds. The largest absolute Gasteiger partial charge is 0.717 e. The number of esters is 1. The fraction of sp³-hybridized carbons (Fsp3) is 0.867. The van der Waals surface area contributed by atoms with E-state index in [4.69, 9.17) is 36.8 Å². The number of ether oxygens (including phenoxy) is 1. The minimum absolute atomic E-state index is 0.0429. The molecule has 0 bridgehead atoms. The van der Waals surface area contributed by atoms with Gasteiger partial charge in [0.2, 0.25) is 0 Å². The van der Waals surface area contributed by atoms with Crippen molar-refractivity contribution in [3.8, 4) is 0 Å². The van der Waals surface area contributed by atoms with Crippen LogP contribution in [-0.4, -0.2) is 63.5 Å². The third kappa shape index (κ3) is 5.00. The van der Waals surface area contributed by atoms with Crippen LogP contribution in [0, 0.1) is 0 Å². The van der Waals surface area contributed by atoms with Crippen molar-refractivity contribution in [3.63, 3.8) is 0 Å². The van der Waals surface area contributed by atoms with Gasteiger partial charge < -0.3 is 36.8 Å². The van der Waals surface area contributed by atoms with Crippen molar-refractivity contribution < 1.29 is 55.5 Å². The molecule has 1 heterocycles. The average molecular weight is 474 g/mol. The van der Waals surface area contributed by atoms with Crippen LogP contribution in [0.25, 0.3) is 0 Å². The maximum Gasteiger partial charge on any atom is 0.717 e. The van der Waals surface area contributed by atoms with Crippen molar-refractivity contribution in [1.82, 2.24) is 0 Å². The van der Waals surface area contributed by atoms with Gasteiger partial charge in [-0.3, -0.25) is 9.13 Å². The molecular weight excluding hydrogens is 445 g/mol. The molecule has 1 saturated heterocycles. The SMILES string of the molecule is CCOP(=O)(OCC)C(C)(OB1OC(=O)C(C)(P(=O)(OCC)OCC)O1)C(=O)OC. The molecule has 174 valence electrons. The maximum absolute atomic E-state index is 13.3. The van der Waals surface area contributed by atoms with E-state index in [2.05, 4.69) is 0 Å². The Kier molecular flexibility index (Phi) is 9.72. The van der Waals surface area contributed by atoms with E-state index in [0.29, 0.717) is 0 Å². The van der Waals surface area contributed by atoms with E-state index in [1.165, 1.54) is 13.8 Å². The molecule has 1 rings (SSSR count). The van der Waals surface area contributed by atoms with Crippen LogP contribution in [0.2, 0.25) is 0 Å². The van der Waals surface area contributed by atoms with E-state index >= 15 is 0 Å². The quantitative estimate of drug-likeness (QED) is 0.220. The molecule has 0 radical (unpaired) electrons. The normalized spacial score (nSPS) is 22.0. The van der Waals surface area contributed by atoms with Gasteiger partial charge in [-0.1, -0.05) is 0 Å². The second-order valence-electron chi connectivity index (χ2n) is 6.05. The van der Waals surface area contributed by atoms with E-state index in [1.54, 1.807) is 13.8 Å². The molecule has 0 aromatic carbocycles. The van der Waals surface area contributed by atoms with E-state index in [9.17, 15) is 18.7 Å². The van der Waals surface area contributed by atoms with Crippen molar-refractivity contribution in [3.05, 3.63) is 0 Å². The Morgan fingerprint density at radius 2 is 1.50 bits per heavy atom. The summed E-state index contributed by atoms with van der Waals surface area (Å²) in [6, 6.07) is 0. The van der Waals surface area contributed by atoms with Gasteiger partial charge in [0.15, 0.2) is 0 Å². The molecule has 1 aliphatic heterocycles. The topological polar surface area (TPSA) is 142 Å². The van der Waals surface area contributed by atoms with Crippen LogP contribution < -0.4 is 0 Å². The summed E-state index contributed by atoms with van der Waals surface area (Å²) >= 11 is 0. The number of carbonyl (C=O) groups is 2. The Labute approximate surface area is 176 Å². The summed E-state index contributed by atoms with van der Waals surface area (Å²) < 4.78 is 67.7. The Morgan fingerprint density at radius 1 is 1.03 bits per heavy atom. The molecule has 0 aromatic rings. The molecule has 2 unspecified atom stereocenters. The van der Waals surface area contributed by atoms with E-state index in [1.807, 2.05) is 0 Å². The van der Waals surface area contributed by atoms with Crippen LogP contribution in [0.1, 0.15) is 41.5 Å². The van der Waals surface area contributed by atoms with Crippen LogP contribution in [-0.2, 0) is 55.5 Å². The van der Waals surface area contributed by atoms with Gasteiger partial charge in [0.25, 0.3) is 10.7 Å². The zero-order valence-corrected chi connectivity index (χ0v) is 20.0. The first-order valence-corrected chi connectivity index (χ1v) is 12.5. The molecule has 2 atom stereocenters. The second-order valence-corrected chi connectivity index (χ2v) is 10.8. The van der Waals surface area contributed by atoms with E-state index in [0.717, 1.165) is 21.0 Å². The first-order chi connectivity index (χ1) is 13.9. The van der Waals surface area contributed by atoms with E-state index in [-0.39, 0.29) is 26.4 Å². The highest BCUT2D eigenvalue weighted by Gasteiger charge is 2.68. The van der Waals surface area contributed by atoms with Gasteiger partial charge in [-0.2, -0.15) is 0 Å². The zero-order valence-electron chi connectivity index (χ0n) is 18.2. The van der Waals surface area contributed by atoms with Gasteiger partial charge in [0, 0.05) is 0 Å². The number of carbonyl (C=O) groups excluding carboxylic acids is 2. The average Bonchev–Trinajstić information content (AvgIpc) is 2.96. The first-order valence-electron chi connectivity index (χ1n) is 9.37. The smallest absolute Gasteiger partial charge is 0.482 e. The van der Waals surface area contributed by atoms with Crippen molar-refractivity contribution in [2.24, 2.45) is 0 Å². The third-order valence-corrected chi connectivity index (χ3v) is 9.10. The molecule has 0 saturated carbocycles. The lowest BCUT2D eigenvalue weighted by molar-refractivity contribution is -0.154. The minimum atomic E-state index is -4.29. The molecular formula is C15H29BO12P2. The van der Waals surface area contributed by atoms with Crippen LogP contribution in [0.15, 0.2) is 0 Å². The van der Waals surface area contributed by atoms with Gasteiger partial charge in [0.1, 0.15) is 0 Å². The molecule has 1 aliphatic rings. The number of rotatable bonds is 13. The Morgan fingerprint density at radius 3 is 1.90 bits per heavy atom. The van der Waals surface area contributed by atoms with Crippen molar-refractivity contribution in [1.29, 1.82) is 0 Å². The van der Waals surface area contributed by atoms with Crippen molar-refractivity contribution in [2.75, 3.05) is 33.5 Å². The molecule has 1 fully saturated rings. The summed E-state index contributed by atoms with van der Waals surface area (Å²) in [5.74, 6) is -2.24. The molecule has 12 nitrogen and oxygen atoms in total. The summed E-state index contributed by atoms with van der Waals surface area (Å²) in [5.41, 5.74) is 0. The Balaban J connectivity index is 3.31. The molecule has 0 N–H and O–H groups in total. The number of hydrogen-bond acceptors (Lipinski definition) is 12. The van der Waals surface area contributed by atoms with Crippen molar-refractivity contribution >= 4 is 34.5 Å². The zero-order chi connectivity index (χ0) is 23.2. The standard InChI is InChI=1S/C15H29BO12P2/c1-8-22-29(19,23-9-2)14(5,12(17)21-7)27-16-26-13(18)15(6,28-16)30(20,24-10-3)25-11-4/h8-11H2,1-7H3. The lowest BCUT2D eigenvalue weighted by atomic mass is 10.2. The highest BCUT2D eigenvalue weighted by molar-refractivity contribution is 7.57. The van der Waals surface area contributed by atoms with Gasteiger partial charge in [-0.05, 0) is 41.5 Å². The van der Waals surface area contributed by atoms with Crippen LogP contribution in [0.3, 0.4) is 0 Å². The summed E-state index contributed by atoms with van der Waals surface area (Å²) in [5, 5.41) is -4.56. The van der Waals surface area contributed by atoms with Gasteiger partial charge in [-0.25, -0.2) is 9.59 Å². The number of hydrogen-bond donors (Lipinski definition) is 0. The van der Waals surface area contributed by atoms with Crippen LogP contribution in [0.5, 0.6) is 0 Å².